The van der Waals surface area contributed by atoms with Crippen molar-refractivity contribution >= 4 is 7.60 Å². The van der Waals surface area contributed by atoms with Gasteiger partial charge in [0.15, 0.2) is 5.85 Å². The van der Waals surface area contributed by atoms with Crippen molar-refractivity contribution in [1.29, 1.82) is 0 Å². The summed E-state index contributed by atoms with van der Waals surface area (Å²) in [4.78, 5) is 3.61. The van der Waals surface area contributed by atoms with Crippen LogP contribution in [-0.2, 0) is 19.8 Å². The van der Waals surface area contributed by atoms with E-state index in [9.17, 15) is 22.8 Å². The Bertz CT molecular complexity index is 788. The number of hydrogen-bond donors (Lipinski definition) is 1. The van der Waals surface area contributed by atoms with Crippen molar-refractivity contribution in [3.8, 4) is 11.6 Å². The molecule has 1 unspecified atom stereocenters. The fourth-order valence-electron chi connectivity index (χ4n) is 2.19. The number of pyridine rings is 1. The number of aliphatic hydroxyl groups excluding tert-OH is 1. The zero-order chi connectivity index (χ0) is 20.1. The fraction of sp³-hybridized carbons (Fsp3) is 0.353. The van der Waals surface area contributed by atoms with Crippen LogP contribution in [0.4, 0.5) is 13.2 Å². The molecule has 0 saturated heterocycles. The highest BCUT2D eigenvalue weighted by molar-refractivity contribution is 7.54. The second-order valence-corrected chi connectivity index (χ2v) is 7.39. The Morgan fingerprint density at radius 3 is 2.33 bits per heavy atom. The normalized spacial score (nSPS) is 13.4. The second kappa shape index (κ2) is 8.84. The Labute approximate surface area is 154 Å². The van der Waals surface area contributed by atoms with E-state index < -0.39 is 25.2 Å². The van der Waals surface area contributed by atoms with Crippen LogP contribution in [0.1, 0.15) is 30.8 Å². The number of aromatic nitrogens is 1. The molecule has 1 aromatic heterocycles. The number of rotatable bonds is 8. The van der Waals surface area contributed by atoms with Crippen molar-refractivity contribution in [2.24, 2.45) is 0 Å². The van der Waals surface area contributed by atoms with Gasteiger partial charge in [-0.2, -0.15) is 13.2 Å². The maximum atomic E-state index is 12.7. The molecular weight excluding hydrogens is 386 g/mol. The molecule has 1 heterocycles. The zero-order valence-corrected chi connectivity index (χ0v) is 15.5. The van der Waals surface area contributed by atoms with Gasteiger partial charge in [-0.15, -0.1) is 0 Å². The summed E-state index contributed by atoms with van der Waals surface area (Å²) in [7, 11) is -3.80. The van der Waals surface area contributed by atoms with Crippen molar-refractivity contribution in [2.45, 2.75) is 25.9 Å². The molecule has 1 atom stereocenters. The van der Waals surface area contributed by atoms with E-state index in [0.717, 1.165) is 12.1 Å². The second-order valence-electron chi connectivity index (χ2n) is 5.31. The number of hydrogen-bond acceptors (Lipinski definition) is 6. The van der Waals surface area contributed by atoms with E-state index in [1.165, 1.54) is 24.3 Å². The first-order valence-corrected chi connectivity index (χ1v) is 9.68. The van der Waals surface area contributed by atoms with Gasteiger partial charge in [-0.05, 0) is 37.6 Å². The largest absolute Gasteiger partial charge is 0.439 e. The summed E-state index contributed by atoms with van der Waals surface area (Å²) in [6, 6.07) is 7.86. The van der Waals surface area contributed by atoms with Crippen molar-refractivity contribution in [2.75, 3.05) is 13.2 Å². The highest BCUT2D eigenvalue weighted by Crippen LogP contribution is 2.59. The van der Waals surface area contributed by atoms with E-state index in [4.69, 9.17) is 13.8 Å². The summed E-state index contributed by atoms with van der Waals surface area (Å²) in [6.45, 7) is 3.41. The Kier molecular flexibility index (Phi) is 7.00. The van der Waals surface area contributed by atoms with E-state index in [1.54, 1.807) is 13.8 Å². The van der Waals surface area contributed by atoms with Crippen molar-refractivity contribution < 1.29 is 36.6 Å². The minimum atomic E-state index is -4.49. The van der Waals surface area contributed by atoms with Crippen LogP contribution in [0.3, 0.4) is 0 Å². The lowest BCUT2D eigenvalue weighted by molar-refractivity contribution is -0.137. The van der Waals surface area contributed by atoms with Crippen LogP contribution >= 0.6 is 7.60 Å². The highest BCUT2D eigenvalue weighted by Gasteiger charge is 2.35. The number of benzene rings is 1. The minimum absolute atomic E-state index is 0.0626. The van der Waals surface area contributed by atoms with E-state index in [-0.39, 0.29) is 30.4 Å². The Hall–Kier alpha value is -1.93. The lowest BCUT2D eigenvalue weighted by atomic mass is 10.2. The summed E-state index contributed by atoms with van der Waals surface area (Å²) in [5.74, 6) is -1.41. The van der Waals surface area contributed by atoms with Crippen LogP contribution in [0.15, 0.2) is 42.6 Å². The predicted molar refractivity (Wildman–Crippen MR) is 91.6 cm³/mol. The number of halogens is 3. The Balaban J connectivity index is 2.20. The molecule has 0 amide bonds. The standard InChI is InChI=1S/C17H19F3NO5P/c1-3-24-27(23,25-4-2)16(22)12-6-5-7-14(10-12)26-15-9-8-13(11-21-15)17(18,19)20/h5-11,16,22H,3-4H2,1-2H3. The monoisotopic (exact) mass is 405 g/mol. The van der Waals surface area contributed by atoms with E-state index in [2.05, 4.69) is 4.98 Å². The molecule has 0 fully saturated rings. The average Bonchev–Trinajstić information content (AvgIpc) is 2.61. The lowest BCUT2D eigenvalue weighted by Crippen LogP contribution is -2.06. The van der Waals surface area contributed by atoms with Crippen molar-refractivity contribution in [3.63, 3.8) is 0 Å². The molecule has 148 valence electrons. The minimum Gasteiger partial charge on any atom is -0.439 e. The van der Waals surface area contributed by atoms with Gasteiger partial charge in [0.2, 0.25) is 5.88 Å². The molecule has 6 nitrogen and oxygen atoms in total. The van der Waals surface area contributed by atoms with Crippen LogP contribution in [0.5, 0.6) is 11.6 Å². The molecule has 0 aliphatic carbocycles. The van der Waals surface area contributed by atoms with Gasteiger partial charge in [0.05, 0.1) is 18.8 Å². The van der Waals surface area contributed by atoms with Crippen LogP contribution in [0.2, 0.25) is 0 Å². The van der Waals surface area contributed by atoms with Gasteiger partial charge in [-0.1, -0.05) is 12.1 Å². The van der Waals surface area contributed by atoms with Crippen LogP contribution < -0.4 is 4.74 Å². The third-order valence-electron chi connectivity index (χ3n) is 3.36. The van der Waals surface area contributed by atoms with Gasteiger partial charge in [0, 0.05) is 12.3 Å². The summed E-state index contributed by atoms with van der Waals surface area (Å²) in [6.07, 6.45) is -3.83. The number of alkyl halides is 3. The summed E-state index contributed by atoms with van der Waals surface area (Å²) in [5.41, 5.74) is -0.682. The summed E-state index contributed by atoms with van der Waals surface area (Å²) < 4.78 is 66.0. The molecule has 10 heteroatoms. The van der Waals surface area contributed by atoms with Crippen molar-refractivity contribution in [1.82, 2.24) is 4.98 Å². The third kappa shape index (κ3) is 5.52. The van der Waals surface area contributed by atoms with Crippen LogP contribution in [-0.4, -0.2) is 23.3 Å². The Morgan fingerprint density at radius 1 is 1.15 bits per heavy atom. The highest BCUT2D eigenvalue weighted by atomic mass is 31.2. The zero-order valence-electron chi connectivity index (χ0n) is 14.6. The first kappa shape index (κ1) is 21.4. The van der Waals surface area contributed by atoms with Crippen LogP contribution in [0.25, 0.3) is 0 Å². The van der Waals surface area contributed by atoms with Crippen molar-refractivity contribution in [3.05, 3.63) is 53.7 Å². The van der Waals surface area contributed by atoms with E-state index in [1.807, 2.05) is 0 Å². The molecule has 0 saturated carbocycles. The maximum Gasteiger partial charge on any atom is 0.417 e. The topological polar surface area (TPSA) is 77.9 Å². The number of nitrogens with zero attached hydrogens (tertiary/aromatic N) is 1. The SMILES string of the molecule is CCOP(=O)(OCC)C(O)c1cccc(Oc2ccc(C(F)(F)F)cn2)c1. The van der Waals surface area contributed by atoms with Gasteiger partial charge in [0.25, 0.3) is 0 Å². The van der Waals surface area contributed by atoms with Gasteiger partial charge in [0.1, 0.15) is 5.75 Å². The van der Waals surface area contributed by atoms with E-state index in [0.29, 0.717) is 6.20 Å². The molecule has 27 heavy (non-hydrogen) atoms. The lowest BCUT2D eigenvalue weighted by Gasteiger charge is -2.22. The smallest absolute Gasteiger partial charge is 0.417 e. The Morgan fingerprint density at radius 2 is 1.81 bits per heavy atom. The summed E-state index contributed by atoms with van der Waals surface area (Å²) >= 11 is 0. The maximum absolute atomic E-state index is 12.7. The fourth-order valence-corrected chi connectivity index (χ4v) is 3.79. The molecule has 0 bridgehead atoms. The first-order chi connectivity index (χ1) is 12.7. The van der Waals surface area contributed by atoms with Gasteiger partial charge in [-0.25, -0.2) is 4.98 Å². The molecule has 0 spiro atoms. The molecule has 2 aromatic rings. The predicted octanol–water partition coefficient (Wildman–Crippen LogP) is 5.15. The molecule has 1 aromatic carbocycles. The number of ether oxygens (including phenoxy) is 1. The molecule has 2 rings (SSSR count). The summed E-state index contributed by atoms with van der Waals surface area (Å²) in [5, 5.41) is 10.4. The van der Waals surface area contributed by atoms with E-state index >= 15 is 0 Å². The first-order valence-electron chi connectivity index (χ1n) is 8.07. The molecule has 0 radical (unpaired) electrons. The van der Waals surface area contributed by atoms with Crippen LogP contribution in [0, 0.1) is 0 Å². The molecular formula is C17H19F3NO5P. The third-order valence-corrected chi connectivity index (χ3v) is 5.49. The molecule has 0 aliphatic rings. The quantitative estimate of drug-likeness (QED) is 0.612. The average molecular weight is 405 g/mol. The van der Waals surface area contributed by atoms with Gasteiger partial charge >= 0.3 is 13.8 Å². The number of aliphatic hydroxyl groups is 1. The molecule has 1 N–H and O–H groups in total. The van der Waals surface area contributed by atoms with Gasteiger partial charge in [-0.3, -0.25) is 4.57 Å². The molecule has 0 aliphatic heterocycles. The van der Waals surface area contributed by atoms with Gasteiger partial charge < -0.3 is 18.9 Å².